The highest BCUT2D eigenvalue weighted by molar-refractivity contribution is 9.10. The number of rotatable bonds is 0. The summed E-state index contributed by atoms with van der Waals surface area (Å²) in [5.41, 5.74) is 16.9. The van der Waals surface area contributed by atoms with Gasteiger partial charge in [0.1, 0.15) is 0 Å². The highest BCUT2D eigenvalue weighted by Crippen LogP contribution is 2.44. The molecule has 1 aliphatic carbocycles. The van der Waals surface area contributed by atoms with Crippen molar-refractivity contribution in [1.82, 2.24) is 0 Å². The normalized spacial score (nSPS) is 14.0. The molecular weight excluding hydrogens is 584 g/mol. The third kappa shape index (κ3) is 6.44. The van der Waals surface area contributed by atoms with Crippen LogP contribution in [-0.4, -0.2) is 0 Å². The van der Waals surface area contributed by atoms with E-state index in [2.05, 4.69) is 166 Å². The Kier molecular flexibility index (Phi) is 7.95. The number of benzene rings is 4. The summed E-state index contributed by atoms with van der Waals surface area (Å²) < 4.78 is 1.19. The molecule has 1 aliphatic rings. The lowest BCUT2D eigenvalue weighted by atomic mass is 9.76. The maximum absolute atomic E-state index is 4.11. The smallest absolute Gasteiger partial charge is 0.0259 e. The second kappa shape index (κ2) is 10.8. The summed E-state index contributed by atoms with van der Waals surface area (Å²) in [6, 6.07) is 26.6. The van der Waals surface area contributed by atoms with Crippen LogP contribution in [0.15, 0.2) is 71.2 Å². The summed E-state index contributed by atoms with van der Waals surface area (Å²) in [6.45, 7) is 27.9. The summed E-state index contributed by atoms with van der Waals surface area (Å²) in [4.78, 5) is 0. The van der Waals surface area contributed by atoms with Crippen LogP contribution in [0.3, 0.4) is 0 Å². The van der Waals surface area contributed by atoms with Crippen molar-refractivity contribution in [3.05, 3.63) is 116 Å². The van der Waals surface area contributed by atoms with Crippen molar-refractivity contribution >= 4 is 15.9 Å². The van der Waals surface area contributed by atoms with Gasteiger partial charge in [0, 0.05) is 4.47 Å². The van der Waals surface area contributed by atoms with E-state index in [0.717, 1.165) is 12.8 Å². The number of hydrogen-bond acceptors (Lipinski definition) is 0. The molecule has 0 aliphatic heterocycles. The third-order valence-corrected chi connectivity index (χ3v) is 9.90. The molecule has 4 aromatic carbocycles. The highest BCUT2D eigenvalue weighted by Gasteiger charge is 2.26. The second-order valence-corrected chi connectivity index (χ2v) is 17.8. The minimum absolute atomic E-state index is 0.0534. The van der Waals surface area contributed by atoms with E-state index in [0.29, 0.717) is 0 Å². The first-order valence-corrected chi connectivity index (χ1v) is 16.8. The molecule has 1 heteroatoms. The number of halogens is 1. The summed E-state index contributed by atoms with van der Waals surface area (Å²) in [5, 5.41) is 0. The monoisotopic (exact) mass is 634 g/mol. The highest BCUT2D eigenvalue weighted by atomic mass is 79.9. The van der Waals surface area contributed by atoms with Gasteiger partial charge in [-0.25, -0.2) is 0 Å². The standard InChI is InChI=1S/C42H51Br/c1-39(2,3)30-13-16-34-26(21-30)19-28-23-32(41(7,8)9)15-18-36(28)38-29(24-33(25-37(38)43)42(10,11)12)20-27-22-31(40(4,5)6)14-17-35(27)34/h13-18,21-25H,19-20H2,1-12H3. The van der Waals surface area contributed by atoms with Crippen molar-refractivity contribution in [3.8, 4) is 22.3 Å². The van der Waals surface area contributed by atoms with Gasteiger partial charge in [0.25, 0.3) is 0 Å². The zero-order chi connectivity index (χ0) is 31.7. The minimum atomic E-state index is 0.0534. The SMILES string of the molecule is CC(C)(C)c1ccc2c(c1)Cc1cc(C(C)(C)C)ccc1-c1c(Br)cc(C(C)(C)C)cc1Cc1cc(C(C)(C)C)ccc1-2. The molecular formula is C42H51Br. The Hall–Kier alpha value is -2.64. The fourth-order valence-electron chi connectivity index (χ4n) is 6.34. The number of fused-ring (bicyclic) bond motifs is 6. The van der Waals surface area contributed by atoms with Crippen LogP contribution in [0.2, 0.25) is 0 Å². The third-order valence-electron chi connectivity index (χ3n) is 9.27. The van der Waals surface area contributed by atoms with Gasteiger partial charge in [-0.3, -0.25) is 0 Å². The van der Waals surface area contributed by atoms with Crippen LogP contribution in [0.25, 0.3) is 22.3 Å². The molecule has 0 N–H and O–H groups in total. The van der Waals surface area contributed by atoms with E-state index in [1.54, 1.807) is 0 Å². The summed E-state index contributed by atoms with van der Waals surface area (Å²) in [6.07, 6.45) is 1.78. The molecule has 43 heavy (non-hydrogen) atoms. The Bertz CT molecular complexity index is 1690. The van der Waals surface area contributed by atoms with Crippen LogP contribution in [0, 0.1) is 0 Å². The van der Waals surface area contributed by atoms with Crippen molar-refractivity contribution in [2.75, 3.05) is 0 Å². The van der Waals surface area contributed by atoms with Gasteiger partial charge >= 0.3 is 0 Å². The molecule has 0 radical (unpaired) electrons. The Morgan fingerprint density at radius 1 is 0.395 bits per heavy atom. The van der Waals surface area contributed by atoms with E-state index >= 15 is 0 Å². The quantitative estimate of drug-likeness (QED) is 0.159. The Morgan fingerprint density at radius 3 is 1.12 bits per heavy atom. The fourth-order valence-corrected chi connectivity index (χ4v) is 7.05. The molecule has 0 heterocycles. The molecule has 0 aromatic heterocycles. The van der Waals surface area contributed by atoms with Crippen molar-refractivity contribution in [1.29, 1.82) is 0 Å². The Morgan fingerprint density at radius 2 is 0.721 bits per heavy atom. The van der Waals surface area contributed by atoms with Gasteiger partial charge in [-0.05, 0) is 107 Å². The fraction of sp³-hybridized carbons (Fsp3) is 0.429. The largest absolute Gasteiger partial charge is 0.0579 e. The molecule has 0 spiro atoms. The zero-order valence-electron chi connectivity index (χ0n) is 28.6. The van der Waals surface area contributed by atoms with E-state index in [1.807, 2.05) is 0 Å². The maximum atomic E-state index is 4.11. The van der Waals surface area contributed by atoms with Crippen LogP contribution in [-0.2, 0) is 34.5 Å². The van der Waals surface area contributed by atoms with Gasteiger partial charge in [-0.1, -0.05) is 160 Å². The lowest BCUT2D eigenvalue weighted by molar-refractivity contribution is 0.587. The summed E-state index contributed by atoms with van der Waals surface area (Å²) in [5.74, 6) is 0. The molecule has 5 rings (SSSR count). The molecule has 226 valence electrons. The molecule has 0 atom stereocenters. The molecule has 0 saturated carbocycles. The molecule has 0 nitrogen and oxygen atoms in total. The number of hydrogen-bond donors (Lipinski definition) is 0. The lowest BCUT2D eigenvalue weighted by Crippen LogP contribution is -2.15. The summed E-state index contributed by atoms with van der Waals surface area (Å²) in [7, 11) is 0. The van der Waals surface area contributed by atoms with Gasteiger partial charge in [-0.15, -0.1) is 0 Å². The van der Waals surface area contributed by atoms with Gasteiger partial charge < -0.3 is 0 Å². The average molecular weight is 636 g/mol. The second-order valence-electron chi connectivity index (χ2n) is 17.0. The average Bonchev–Trinajstić information content (AvgIpc) is 2.86. The summed E-state index contributed by atoms with van der Waals surface area (Å²) >= 11 is 4.11. The van der Waals surface area contributed by atoms with E-state index in [9.17, 15) is 0 Å². The van der Waals surface area contributed by atoms with Crippen LogP contribution < -0.4 is 0 Å². The molecule has 0 unspecified atom stereocenters. The first-order valence-electron chi connectivity index (χ1n) is 16.0. The molecule has 0 bridgehead atoms. The van der Waals surface area contributed by atoms with Crippen LogP contribution in [0.4, 0.5) is 0 Å². The molecule has 0 amide bonds. The topological polar surface area (TPSA) is 0 Å². The van der Waals surface area contributed by atoms with Crippen molar-refractivity contribution < 1.29 is 0 Å². The van der Waals surface area contributed by atoms with Crippen molar-refractivity contribution in [3.63, 3.8) is 0 Å². The van der Waals surface area contributed by atoms with Gasteiger partial charge in [0.2, 0.25) is 0 Å². The first kappa shape index (κ1) is 31.8. The Balaban J connectivity index is 1.91. The Labute approximate surface area is 270 Å². The van der Waals surface area contributed by atoms with Crippen LogP contribution in [0.1, 0.15) is 128 Å². The first-order chi connectivity index (χ1) is 19.7. The molecule has 4 aromatic rings. The predicted molar refractivity (Wildman–Crippen MR) is 192 cm³/mol. The molecule has 0 fully saturated rings. The maximum Gasteiger partial charge on any atom is 0.0259 e. The lowest BCUT2D eigenvalue weighted by Gasteiger charge is -2.29. The van der Waals surface area contributed by atoms with Crippen molar-refractivity contribution in [2.45, 2.75) is 118 Å². The molecule has 0 saturated heterocycles. The van der Waals surface area contributed by atoms with E-state index in [1.165, 1.54) is 71.2 Å². The van der Waals surface area contributed by atoms with Gasteiger partial charge in [0.05, 0.1) is 0 Å². The zero-order valence-corrected chi connectivity index (χ0v) is 30.2. The minimum Gasteiger partial charge on any atom is -0.0579 e. The van der Waals surface area contributed by atoms with Crippen LogP contribution >= 0.6 is 15.9 Å². The van der Waals surface area contributed by atoms with E-state index < -0.39 is 0 Å². The van der Waals surface area contributed by atoms with Crippen molar-refractivity contribution in [2.24, 2.45) is 0 Å². The van der Waals surface area contributed by atoms with Gasteiger partial charge in [0.15, 0.2) is 0 Å². The van der Waals surface area contributed by atoms with Crippen LogP contribution in [0.5, 0.6) is 0 Å². The van der Waals surface area contributed by atoms with E-state index in [-0.39, 0.29) is 21.7 Å². The van der Waals surface area contributed by atoms with E-state index in [4.69, 9.17) is 0 Å². The predicted octanol–water partition coefficient (Wildman–Crippen LogP) is 12.5. The van der Waals surface area contributed by atoms with Gasteiger partial charge in [-0.2, -0.15) is 0 Å².